The second kappa shape index (κ2) is 3.86. The molecular formula is C11H17N3. The van der Waals surface area contributed by atoms with Gasteiger partial charge in [-0.25, -0.2) is 4.98 Å². The minimum Gasteiger partial charge on any atom is -0.374 e. The monoisotopic (exact) mass is 191 g/mol. The summed E-state index contributed by atoms with van der Waals surface area (Å²) in [5.41, 5.74) is 1.25. The molecule has 1 aromatic heterocycles. The fourth-order valence-electron chi connectivity index (χ4n) is 1.59. The quantitative estimate of drug-likeness (QED) is 0.788. The van der Waals surface area contributed by atoms with E-state index in [9.17, 15) is 0 Å². The van der Waals surface area contributed by atoms with Crippen molar-refractivity contribution in [1.29, 1.82) is 0 Å². The molecule has 0 unspecified atom stereocenters. The molecule has 1 heterocycles. The SMILES string of the molecule is CNc1cc(N(C)CC2CC2)ccn1. The molecule has 2 rings (SSSR count). The topological polar surface area (TPSA) is 28.2 Å². The highest BCUT2D eigenvalue weighted by atomic mass is 15.1. The molecule has 76 valence electrons. The molecule has 3 nitrogen and oxygen atoms in total. The smallest absolute Gasteiger partial charge is 0.127 e. The first-order valence-electron chi connectivity index (χ1n) is 5.14. The lowest BCUT2D eigenvalue weighted by molar-refractivity contribution is 0.787. The lowest BCUT2D eigenvalue weighted by atomic mass is 10.3. The van der Waals surface area contributed by atoms with Gasteiger partial charge in [-0.2, -0.15) is 0 Å². The summed E-state index contributed by atoms with van der Waals surface area (Å²) in [6, 6.07) is 4.14. The predicted molar refractivity (Wildman–Crippen MR) is 59.8 cm³/mol. The molecule has 0 amide bonds. The van der Waals surface area contributed by atoms with Crippen molar-refractivity contribution in [1.82, 2.24) is 4.98 Å². The lowest BCUT2D eigenvalue weighted by Gasteiger charge is -2.19. The molecule has 0 aromatic carbocycles. The molecule has 1 aromatic rings. The van der Waals surface area contributed by atoms with Crippen molar-refractivity contribution in [2.24, 2.45) is 5.92 Å². The summed E-state index contributed by atoms with van der Waals surface area (Å²) in [7, 11) is 4.04. The van der Waals surface area contributed by atoms with E-state index in [1.165, 1.54) is 25.1 Å². The number of hydrogen-bond donors (Lipinski definition) is 1. The third kappa shape index (κ3) is 2.16. The third-order valence-electron chi connectivity index (χ3n) is 2.67. The molecule has 0 bridgehead atoms. The zero-order valence-electron chi connectivity index (χ0n) is 8.83. The van der Waals surface area contributed by atoms with Crippen molar-refractivity contribution < 1.29 is 0 Å². The molecule has 0 radical (unpaired) electrons. The van der Waals surface area contributed by atoms with Crippen LogP contribution >= 0.6 is 0 Å². The molecule has 0 aliphatic heterocycles. The Balaban J connectivity index is 2.05. The maximum Gasteiger partial charge on any atom is 0.127 e. The Kier molecular flexibility index (Phi) is 2.57. The number of hydrogen-bond acceptors (Lipinski definition) is 3. The van der Waals surface area contributed by atoms with Crippen LogP contribution in [-0.4, -0.2) is 25.6 Å². The van der Waals surface area contributed by atoms with E-state index < -0.39 is 0 Å². The molecule has 0 spiro atoms. The molecular weight excluding hydrogens is 174 g/mol. The summed E-state index contributed by atoms with van der Waals surface area (Å²) in [6.45, 7) is 1.17. The van der Waals surface area contributed by atoms with Crippen LogP contribution in [0.15, 0.2) is 18.3 Å². The van der Waals surface area contributed by atoms with Gasteiger partial charge in [0.2, 0.25) is 0 Å². The Hall–Kier alpha value is -1.25. The standard InChI is InChI=1S/C11H17N3/c1-12-11-7-10(5-6-13-11)14(2)8-9-3-4-9/h5-7,9H,3-4,8H2,1-2H3,(H,12,13). The van der Waals surface area contributed by atoms with Crippen molar-refractivity contribution >= 4 is 11.5 Å². The first kappa shape index (κ1) is 9.31. The number of aromatic nitrogens is 1. The highest BCUT2D eigenvalue weighted by Crippen LogP contribution is 2.30. The highest BCUT2D eigenvalue weighted by molar-refractivity contribution is 5.53. The van der Waals surface area contributed by atoms with E-state index in [4.69, 9.17) is 0 Å². The van der Waals surface area contributed by atoms with Gasteiger partial charge in [0.1, 0.15) is 5.82 Å². The number of nitrogens with one attached hydrogen (secondary N) is 1. The van der Waals surface area contributed by atoms with Crippen LogP contribution in [0.25, 0.3) is 0 Å². The molecule has 1 aliphatic carbocycles. The zero-order valence-corrected chi connectivity index (χ0v) is 8.83. The van der Waals surface area contributed by atoms with Gasteiger partial charge in [0, 0.05) is 38.6 Å². The van der Waals surface area contributed by atoms with Gasteiger partial charge < -0.3 is 10.2 Å². The van der Waals surface area contributed by atoms with E-state index in [0.29, 0.717) is 0 Å². The summed E-state index contributed by atoms with van der Waals surface area (Å²) in [5, 5.41) is 3.05. The molecule has 1 fully saturated rings. The minimum absolute atomic E-state index is 0.922. The lowest BCUT2D eigenvalue weighted by Crippen LogP contribution is -2.19. The molecule has 0 atom stereocenters. The van der Waals surface area contributed by atoms with Crippen LogP contribution in [0.2, 0.25) is 0 Å². The summed E-state index contributed by atoms with van der Waals surface area (Å²) >= 11 is 0. The summed E-state index contributed by atoms with van der Waals surface area (Å²) in [4.78, 5) is 6.50. The van der Waals surface area contributed by atoms with Crippen LogP contribution in [0, 0.1) is 5.92 Å². The third-order valence-corrected chi connectivity index (χ3v) is 2.67. The van der Waals surface area contributed by atoms with Crippen LogP contribution in [0.1, 0.15) is 12.8 Å². The summed E-state index contributed by atoms with van der Waals surface area (Å²) in [6.07, 6.45) is 4.65. The van der Waals surface area contributed by atoms with Crippen LogP contribution in [0.4, 0.5) is 11.5 Å². The van der Waals surface area contributed by atoms with Gasteiger partial charge in [0.05, 0.1) is 0 Å². The highest BCUT2D eigenvalue weighted by Gasteiger charge is 2.22. The van der Waals surface area contributed by atoms with Crippen molar-refractivity contribution in [3.8, 4) is 0 Å². The Morgan fingerprint density at radius 3 is 3.00 bits per heavy atom. The van der Waals surface area contributed by atoms with Crippen LogP contribution < -0.4 is 10.2 Å². The molecule has 0 saturated heterocycles. The fourth-order valence-corrected chi connectivity index (χ4v) is 1.59. The van der Waals surface area contributed by atoms with E-state index in [0.717, 1.165) is 11.7 Å². The van der Waals surface area contributed by atoms with E-state index in [-0.39, 0.29) is 0 Å². The first-order valence-corrected chi connectivity index (χ1v) is 5.14. The van der Waals surface area contributed by atoms with Gasteiger partial charge in [-0.1, -0.05) is 0 Å². The zero-order chi connectivity index (χ0) is 9.97. The van der Waals surface area contributed by atoms with E-state index in [1.807, 2.05) is 13.2 Å². The van der Waals surface area contributed by atoms with Crippen LogP contribution in [0.3, 0.4) is 0 Å². The largest absolute Gasteiger partial charge is 0.374 e. The second-order valence-electron chi connectivity index (χ2n) is 3.97. The Morgan fingerprint density at radius 2 is 2.36 bits per heavy atom. The molecule has 1 saturated carbocycles. The molecule has 3 heteroatoms. The van der Waals surface area contributed by atoms with E-state index in [2.05, 4.69) is 34.4 Å². The molecule has 1 aliphatic rings. The second-order valence-corrected chi connectivity index (χ2v) is 3.97. The molecule has 1 N–H and O–H groups in total. The Bertz CT molecular complexity index is 307. The predicted octanol–water partition coefficient (Wildman–Crippen LogP) is 1.97. The van der Waals surface area contributed by atoms with Gasteiger partial charge in [-0.05, 0) is 24.8 Å². The summed E-state index contributed by atoms with van der Waals surface area (Å²) in [5.74, 6) is 1.86. The first-order chi connectivity index (χ1) is 6.79. The van der Waals surface area contributed by atoms with Crippen molar-refractivity contribution in [3.05, 3.63) is 18.3 Å². The normalized spacial score (nSPS) is 15.3. The maximum atomic E-state index is 4.20. The van der Waals surface area contributed by atoms with Crippen LogP contribution in [0.5, 0.6) is 0 Å². The molecule has 14 heavy (non-hydrogen) atoms. The average Bonchev–Trinajstić information content (AvgIpc) is 3.02. The average molecular weight is 191 g/mol. The van der Waals surface area contributed by atoms with Gasteiger partial charge in [0.15, 0.2) is 0 Å². The Labute approximate surface area is 85.1 Å². The van der Waals surface area contributed by atoms with Crippen LogP contribution in [-0.2, 0) is 0 Å². The van der Waals surface area contributed by atoms with Crippen molar-refractivity contribution in [3.63, 3.8) is 0 Å². The maximum absolute atomic E-state index is 4.20. The van der Waals surface area contributed by atoms with Gasteiger partial charge in [-0.15, -0.1) is 0 Å². The number of nitrogens with zero attached hydrogens (tertiary/aromatic N) is 2. The van der Waals surface area contributed by atoms with Crippen molar-refractivity contribution in [2.75, 3.05) is 30.9 Å². The number of anilines is 2. The Morgan fingerprint density at radius 1 is 1.57 bits per heavy atom. The van der Waals surface area contributed by atoms with Crippen molar-refractivity contribution in [2.45, 2.75) is 12.8 Å². The fraction of sp³-hybridized carbons (Fsp3) is 0.545. The van der Waals surface area contributed by atoms with Gasteiger partial charge in [0.25, 0.3) is 0 Å². The van der Waals surface area contributed by atoms with Gasteiger partial charge in [-0.3, -0.25) is 0 Å². The number of rotatable bonds is 4. The van der Waals surface area contributed by atoms with E-state index in [1.54, 1.807) is 0 Å². The minimum atomic E-state index is 0.922. The van der Waals surface area contributed by atoms with Gasteiger partial charge >= 0.3 is 0 Å². The summed E-state index contributed by atoms with van der Waals surface area (Å²) < 4.78 is 0. The van der Waals surface area contributed by atoms with E-state index >= 15 is 0 Å². The number of pyridine rings is 1.